The van der Waals surface area contributed by atoms with Crippen LogP contribution in [0.4, 0.5) is 5.82 Å². The monoisotopic (exact) mass is 291 g/mol. The fraction of sp³-hybridized carbons (Fsp3) is 0.765. The van der Waals surface area contributed by atoms with Gasteiger partial charge in [-0.05, 0) is 44.9 Å². The van der Waals surface area contributed by atoms with E-state index in [1.165, 1.54) is 25.7 Å². The second-order valence-corrected chi connectivity index (χ2v) is 5.90. The van der Waals surface area contributed by atoms with E-state index in [-0.39, 0.29) is 0 Å². The first-order valence-corrected chi connectivity index (χ1v) is 8.55. The van der Waals surface area contributed by atoms with Crippen LogP contribution >= 0.6 is 0 Å². The number of aromatic nitrogens is 2. The highest BCUT2D eigenvalue weighted by Crippen LogP contribution is 2.30. The average Bonchev–Trinajstić information content (AvgIpc) is 2.48. The summed E-state index contributed by atoms with van der Waals surface area (Å²) in [5, 5.41) is 3.28. The van der Waals surface area contributed by atoms with Crippen LogP contribution in [0.1, 0.15) is 65.1 Å². The highest BCUT2D eigenvalue weighted by Gasteiger charge is 2.25. The number of anilines is 1. The quantitative estimate of drug-likeness (QED) is 0.817. The van der Waals surface area contributed by atoms with Crippen molar-refractivity contribution in [2.24, 2.45) is 5.92 Å². The number of hydrogen-bond acceptors (Lipinski definition) is 4. The van der Waals surface area contributed by atoms with Crippen molar-refractivity contribution in [1.82, 2.24) is 9.97 Å². The van der Waals surface area contributed by atoms with Gasteiger partial charge in [-0.3, -0.25) is 0 Å². The number of rotatable bonds is 7. The summed E-state index contributed by atoms with van der Waals surface area (Å²) in [6.07, 6.45) is 8.52. The van der Waals surface area contributed by atoms with E-state index < -0.39 is 0 Å². The van der Waals surface area contributed by atoms with E-state index in [1.54, 1.807) is 0 Å². The number of aryl methyl sites for hydroxylation is 1. The Morgan fingerprint density at radius 2 is 2.00 bits per heavy atom. The van der Waals surface area contributed by atoms with Crippen LogP contribution in [-0.2, 0) is 6.42 Å². The Balaban J connectivity index is 2.13. The van der Waals surface area contributed by atoms with Gasteiger partial charge in [0.2, 0.25) is 5.88 Å². The van der Waals surface area contributed by atoms with Crippen LogP contribution in [0.15, 0.2) is 6.07 Å². The minimum Gasteiger partial charge on any atom is -0.474 e. The minimum absolute atomic E-state index is 0.322. The molecule has 0 bridgehead atoms. The molecule has 0 amide bonds. The molecular formula is C17H29N3O. The Kier molecular flexibility index (Phi) is 6.27. The van der Waals surface area contributed by atoms with Gasteiger partial charge in [0.25, 0.3) is 0 Å². The second kappa shape index (κ2) is 8.20. The van der Waals surface area contributed by atoms with Crippen LogP contribution in [0.2, 0.25) is 0 Å². The van der Waals surface area contributed by atoms with Gasteiger partial charge in [0.1, 0.15) is 17.7 Å². The van der Waals surface area contributed by atoms with E-state index in [2.05, 4.69) is 36.1 Å². The molecule has 1 aromatic heterocycles. The Morgan fingerprint density at radius 3 is 2.71 bits per heavy atom. The largest absolute Gasteiger partial charge is 0.474 e. The van der Waals surface area contributed by atoms with Crippen LogP contribution in [0.3, 0.4) is 0 Å². The molecule has 1 fully saturated rings. The normalized spacial score (nSPS) is 22.0. The number of nitrogens with zero attached hydrogens (tertiary/aromatic N) is 2. The van der Waals surface area contributed by atoms with Gasteiger partial charge in [0.15, 0.2) is 0 Å². The van der Waals surface area contributed by atoms with Crippen molar-refractivity contribution in [2.75, 3.05) is 11.9 Å². The number of nitrogens with one attached hydrogen (secondary N) is 1. The molecule has 118 valence electrons. The van der Waals surface area contributed by atoms with Crippen LogP contribution in [0, 0.1) is 5.92 Å². The van der Waals surface area contributed by atoms with Gasteiger partial charge in [0, 0.05) is 19.0 Å². The Labute approximate surface area is 128 Å². The van der Waals surface area contributed by atoms with Gasteiger partial charge < -0.3 is 10.1 Å². The molecule has 0 aromatic carbocycles. The van der Waals surface area contributed by atoms with Crippen molar-refractivity contribution in [1.29, 1.82) is 0 Å². The molecule has 2 rings (SSSR count). The third kappa shape index (κ3) is 4.58. The summed E-state index contributed by atoms with van der Waals surface area (Å²) in [5.41, 5.74) is 0. The molecule has 0 radical (unpaired) electrons. The molecule has 2 atom stereocenters. The molecule has 0 saturated heterocycles. The molecule has 1 aliphatic rings. The molecule has 0 aliphatic heterocycles. The molecule has 4 heteroatoms. The lowest BCUT2D eigenvalue weighted by Crippen LogP contribution is -2.30. The van der Waals surface area contributed by atoms with Gasteiger partial charge in [-0.25, -0.2) is 4.98 Å². The van der Waals surface area contributed by atoms with Crippen LogP contribution in [-0.4, -0.2) is 22.6 Å². The maximum atomic E-state index is 6.24. The fourth-order valence-electron chi connectivity index (χ4n) is 3.09. The summed E-state index contributed by atoms with van der Waals surface area (Å²) >= 11 is 0. The van der Waals surface area contributed by atoms with Gasteiger partial charge >= 0.3 is 0 Å². The van der Waals surface area contributed by atoms with Crippen molar-refractivity contribution in [3.63, 3.8) is 0 Å². The Bertz CT molecular complexity index is 412. The van der Waals surface area contributed by atoms with Gasteiger partial charge in [-0.15, -0.1) is 0 Å². The van der Waals surface area contributed by atoms with Gasteiger partial charge in [-0.2, -0.15) is 4.98 Å². The predicted molar refractivity (Wildman–Crippen MR) is 86.9 cm³/mol. The van der Waals surface area contributed by atoms with Gasteiger partial charge in [-0.1, -0.05) is 20.3 Å². The van der Waals surface area contributed by atoms with Crippen LogP contribution in [0.5, 0.6) is 5.88 Å². The highest BCUT2D eigenvalue weighted by atomic mass is 16.5. The van der Waals surface area contributed by atoms with Crippen LogP contribution in [0.25, 0.3) is 0 Å². The van der Waals surface area contributed by atoms with Crippen molar-refractivity contribution >= 4 is 5.82 Å². The van der Waals surface area contributed by atoms with E-state index in [9.17, 15) is 0 Å². The maximum Gasteiger partial charge on any atom is 0.219 e. The lowest BCUT2D eigenvalue weighted by Gasteiger charge is -2.30. The van der Waals surface area contributed by atoms with E-state index in [0.717, 1.165) is 43.3 Å². The van der Waals surface area contributed by atoms with Crippen molar-refractivity contribution in [2.45, 2.75) is 71.8 Å². The zero-order valence-corrected chi connectivity index (χ0v) is 13.7. The molecule has 1 aliphatic carbocycles. The summed E-state index contributed by atoms with van der Waals surface area (Å²) in [5.74, 6) is 3.19. The van der Waals surface area contributed by atoms with Crippen LogP contribution < -0.4 is 10.1 Å². The van der Waals surface area contributed by atoms with E-state index >= 15 is 0 Å². The van der Waals surface area contributed by atoms with E-state index in [1.807, 2.05) is 6.07 Å². The maximum absolute atomic E-state index is 6.24. The van der Waals surface area contributed by atoms with E-state index in [0.29, 0.717) is 12.0 Å². The van der Waals surface area contributed by atoms with Crippen molar-refractivity contribution < 1.29 is 4.74 Å². The summed E-state index contributed by atoms with van der Waals surface area (Å²) in [6, 6.07) is 1.95. The first kappa shape index (κ1) is 16.1. The third-order valence-electron chi connectivity index (χ3n) is 4.22. The lowest BCUT2D eigenvalue weighted by atomic mass is 9.85. The average molecular weight is 291 g/mol. The molecular weight excluding hydrogens is 262 g/mol. The Morgan fingerprint density at radius 1 is 1.19 bits per heavy atom. The van der Waals surface area contributed by atoms with Crippen molar-refractivity contribution in [3.8, 4) is 5.88 Å². The SMILES string of the molecule is CCCc1nc(NCC)cc(OC2CCCCC2CC)n1. The first-order chi connectivity index (χ1) is 10.3. The summed E-state index contributed by atoms with van der Waals surface area (Å²) in [6.45, 7) is 7.36. The standard InChI is InChI=1S/C17H29N3O/c1-4-9-15-19-16(18-6-3)12-17(20-15)21-14-11-8-7-10-13(14)5-2/h12-14H,4-11H2,1-3H3,(H,18,19,20). The molecule has 1 saturated carbocycles. The first-order valence-electron chi connectivity index (χ1n) is 8.55. The summed E-state index contributed by atoms with van der Waals surface area (Å²) in [7, 11) is 0. The molecule has 2 unspecified atom stereocenters. The number of ether oxygens (including phenoxy) is 1. The van der Waals surface area contributed by atoms with E-state index in [4.69, 9.17) is 4.74 Å². The molecule has 1 aromatic rings. The highest BCUT2D eigenvalue weighted by molar-refractivity contribution is 5.38. The molecule has 4 nitrogen and oxygen atoms in total. The smallest absolute Gasteiger partial charge is 0.219 e. The predicted octanol–water partition coefficient (Wildman–Crippen LogP) is 4.21. The molecule has 0 spiro atoms. The topological polar surface area (TPSA) is 47.0 Å². The zero-order chi connectivity index (χ0) is 15.1. The molecule has 1 N–H and O–H groups in total. The molecule has 1 heterocycles. The second-order valence-electron chi connectivity index (χ2n) is 5.90. The Hall–Kier alpha value is -1.32. The summed E-state index contributed by atoms with van der Waals surface area (Å²) < 4.78 is 6.24. The van der Waals surface area contributed by atoms with Gasteiger partial charge in [0.05, 0.1) is 0 Å². The fourth-order valence-corrected chi connectivity index (χ4v) is 3.09. The summed E-state index contributed by atoms with van der Waals surface area (Å²) in [4.78, 5) is 9.14. The minimum atomic E-state index is 0.322. The zero-order valence-electron chi connectivity index (χ0n) is 13.7. The third-order valence-corrected chi connectivity index (χ3v) is 4.22. The number of hydrogen-bond donors (Lipinski definition) is 1. The van der Waals surface area contributed by atoms with Crippen molar-refractivity contribution in [3.05, 3.63) is 11.9 Å². The lowest BCUT2D eigenvalue weighted by molar-refractivity contribution is 0.0855. The molecule has 21 heavy (non-hydrogen) atoms.